The first kappa shape index (κ1) is 25.5. The number of hydrogen-bond donors (Lipinski definition) is 0. The Bertz CT molecular complexity index is 1190. The fraction of sp³-hybridized carbons (Fsp3) is 0.520. The summed E-state index contributed by atoms with van der Waals surface area (Å²) in [6, 6.07) is 7.34. The van der Waals surface area contributed by atoms with Gasteiger partial charge in [-0.2, -0.15) is 0 Å². The third kappa shape index (κ3) is 5.17. The number of morpholine rings is 1. The van der Waals surface area contributed by atoms with Crippen LogP contribution in [0.25, 0.3) is 5.65 Å². The fourth-order valence-corrected chi connectivity index (χ4v) is 5.35. The Morgan fingerprint density at radius 1 is 1.21 bits per heavy atom. The lowest BCUT2D eigenvalue weighted by Crippen LogP contribution is -2.40. The summed E-state index contributed by atoms with van der Waals surface area (Å²) in [5.41, 5.74) is 4.24. The first-order valence-electron chi connectivity index (χ1n) is 11.8. The monoisotopic (exact) mass is 596 g/mol. The maximum absolute atomic E-state index is 14.4. The second-order valence-electron chi connectivity index (χ2n) is 10.4. The van der Waals surface area contributed by atoms with E-state index < -0.39 is 8.32 Å². The zero-order valence-corrected chi connectivity index (χ0v) is 24.1. The Morgan fingerprint density at radius 2 is 1.91 bits per heavy atom. The summed E-state index contributed by atoms with van der Waals surface area (Å²) in [5, 5.41) is 5.10. The van der Waals surface area contributed by atoms with E-state index in [9.17, 15) is 4.39 Å². The van der Waals surface area contributed by atoms with Crippen molar-refractivity contribution in [2.24, 2.45) is 0 Å². The van der Waals surface area contributed by atoms with E-state index in [4.69, 9.17) is 19.2 Å². The Hall–Kier alpha value is -1.56. The van der Waals surface area contributed by atoms with Gasteiger partial charge in [-0.15, -0.1) is 23.2 Å². The lowest BCUT2D eigenvalue weighted by molar-refractivity contribution is 0.122. The van der Waals surface area contributed by atoms with E-state index in [1.54, 1.807) is 6.07 Å². The molecule has 6 nitrogen and oxygen atoms in total. The highest BCUT2D eigenvalue weighted by Crippen LogP contribution is 2.37. The second kappa shape index (κ2) is 9.83. The zero-order chi connectivity index (χ0) is 24.7. The molecular weight excluding hydrogens is 562 g/mol. The summed E-state index contributed by atoms with van der Waals surface area (Å²) in [7, 11) is -1.98. The van der Waals surface area contributed by atoms with Crippen molar-refractivity contribution in [3.8, 4) is 0 Å². The molecule has 0 amide bonds. The number of fused-ring (bicyclic) bond motifs is 1. The number of benzene rings is 1. The van der Waals surface area contributed by atoms with Crippen LogP contribution in [-0.4, -0.2) is 49.2 Å². The minimum absolute atomic E-state index is 0.0989. The van der Waals surface area contributed by atoms with E-state index in [2.05, 4.69) is 67.4 Å². The van der Waals surface area contributed by atoms with Gasteiger partial charge >= 0.3 is 0 Å². The van der Waals surface area contributed by atoms with Crippen LogP contribution in [0, 0.1) is 16.3 Å². The summed E-state index contributed by atoms with van der Waals surface area (Å²) in [5.74, 6) is 0.716. The van der Waals surface area contributed by atoms with Gasteiger partial charge in [0.05, 0.1) is 28.2 Å². The molecule has 34 heavy (non-hydrogen) atoms. The molecule has 1 aliphatic heterocycles. The number of halogens is 2. The number of rotatable bonds is 6. The van der Waals surface area contributed by atoms with Gasteiger partial charge in [0.15, 0.2) is 11.5 Å². The van der Waals surface area contributed by atoms with Crippen molar-refractivity contribution in [1.82, 2.24) is 14.6 Å². The molecule has 4 rings (SSSR count). The van der Waals surface area contributed by atoms with Gasteiger partial charge in [0.2, 0.25) is 0 Å². The van der Waals surface area contributed by atoms with E-state index in [0.29, 0.717) is 31.8 Å². The standard InChI is InChI=1S/C25H34FIN4O2Si/c1-17-18(8-7-9-19(17)26)14-22-21(16-33-34(5,6)25(2,3)4)28-24-20(27)15-23(29-31(22)24)30-10-12-32-13-11-30/h7-9,15H,10-14,16H2,1-6H3/q-1. The highest BCUT2D eigenvalue weighted by Gasteiger charge is 2.26. The number of aromatic nitrogens is 3. The smallest absolute Gasteiger partial charge is 0.167 e. The minimum atomic E-state index is -1.98. The second-order valence-corrected chi connectivity index (χ2v) is 16.4. The average Bonchev–Trinajstić information content (AvgIpc) is 3.13. The van der Waals surface area contributed by atoms with Crippen LogP contribution in [0.4, 0.5) is 10.2 Å². The van der Waals surface area contributed by atoms with Gasteiger partial charge in [-0.05, 0) is 61.1 Å². The molecule has 1 fully saturated rings. The summed E-state index contributed by atoms with van der Waals surface area (Å²) in [4.78, 5) is 7.23. The molecular formula is C25H34FIN4O2Si-. The van der Waals surface area contributed by atoms with Gasteiger partial charge in [0, 0.05) is 26.1 Å². The molecule has 0 N–H and O–H groups in total. The van der Waals surface area contributed by atoms with Gasteiger partial charge in [0.1, 0.15) is 5.82 Å². The number of hydrogen-bond acceptors (Lipinski definition) is 5. The number of anilines is 1. The molecule has 1 saturated heterocycles. The van der Waals surface area contributed by atoms with Crippen LogP contribution in [0.2, 0.25) is 18.1 Å². The maximum Gasteiger partial charge on any atom is 0.167 e. The largest absolute Gasteiger partial charge is 0.560 e. The van der Waals surface area contributed by atoms with E-state index in [1.807, 2.05) is 17.5 Å². The van der Waals surface area contributed by atoms with Crippen LogP contribution in [0.15, 0.2) is 24.3 Å². The van der Waals surface area contributed by atoms with Crippen molar-refractivity contribution < 1.29 is 13.6 Å². The molecule has 3 aromatic rings. The molecule has 0 atom stereocenters. The van der Waals surface area contributed by atoms with Gasteiger partial charge in [-0.1, -0.05) is 32.9 Å². The average molecular weight is 597 g/mol. The molecule has 0 bridgehead atoms. The lowest BCUT2D eigenvalue weighted by atomic mass is 10.0. The lowest BCUT2D eigenvalue weighted by Gasteiger charge is -2.48. The third-order valence-corrected chi connectivity index (χ3v) is 12.4. The van der Waals surface area contributed by atoms with E-state index >= 15 is 0 Å². The molecule has 0 aliphatic carbocycles. The molecule has 0 unspecified atom stereocenters. The van der Waals surface area contributed by atoms with Gasteiger partial charge in [-0.25, -0.2) is 13.9 Å². The quantitative estimate of drug-likeness (QED) is 0.269. The van der Waals surface area contributed by atoms with Crippen LogP contribution < -0.4 is 4.90 Å². The normalized spacial score (nSPS) is 15.4. The molecule has 1 aliphatic rings. The van der Waals surface area contributed by atoms with Crippen molar-refractivity contribution in [2.45, 2.75) is 58.9 Å². The van der Waals surface area contributed by atoms with Crippen molar-refractivity contribution >= 4 is 42.4 Å². The van der Waals surface area contributed by atoms with E-state index in [-0.39, 0.29) is 10.9 Å². The highest BCUT2D eigenvalue weighted by atomic mass is 127. The topological polar surface area (TPSA) is 51.9 Å². The van der Waals surface area contributed by atoms with Crippen LogP contribution in [0.1, 0.15) is 43.3 Å². The molecule has 9 heteroatoms. The molecule has 3 heterocycles. The van der Waals surface area contributed by atoms with Gasteiger partial charge in [0.25, 0.3) is 0 Å². The zero-order valence-electron chi connectivity index (χ0n) is 20.9. The SMILES string of the molecule is Cc1c(F)cccc1Cc1c(CO[Si-](C)(C)C(C)(C)C)nc2c(I)cc(N3CCOCC3)nn12. The third-order valence-electron chi connectivity index (χ3n) is 7.15. The summed E-state index contributed by atoms with van der Waals surface area (Å²) in [6.45, 7) is 16.5. The predicted octanol–water partition coefficient (Wildman–Crippen LogP) is 5.73. The van der Waals surface area contributed by atoms with Crippen LogP contribution in [0.3, 0.4) is 0 Å². The fourth-order valence-electron chi connectivity index (χ4n) is 3.79. The summed E-state index contributed by atoms with van der Waals surface area (Å²) in [6.07, 6.45) is 0.538. The van der Waals surface area contributed by atoms with Crippen LogP contribution in [0.5, 0.6) is 0 Å². The van der Waals surface area contributed by atoms with E-state index in [0.717, 1.165) is 45.1 Å². The van der Waals surface area contributed by atoms with Crippen molar-refractivity contribution in [2.75, 3.05) is 31.2 Å². The molecule has 0 spiro atoms. The Morgan fingerprint density at radius 3 is 2.59 bits per heavy atom. The molecule has 2 aromatic heterocycles. The maximum atomic E-state index is 14.4. The predicted molar refractivity (Wildman–Crippen MR) is 145 cm³/mol. The number of imidazole rings is 1. The highest BCUT2D eigenvalue weighted by molar-refractivity contribution is 14.1. The minimum Gasteiger partial charge on any atom is -0.560 e. The Labute approximate surface area is 216 Å². The van der Waals surface area contributed by atoms with Crippen molar-refractivity contribution in [1.29, 1.82) is 0 Å². The Kier molecular flexibility index (Phi) is 7.38. The van der Waals surface area contributed by atoms with E-state index in [1.165, 1.54) is 6.07 Å². The Balaban J connectivity index is 1.80. The summed E-state index contributed by atoms with van der Waals surface area (Å²) >= 11 is 2.34. The number of ether oxygens (including phenoxy) is 1. The van der Waals surface area contributed by atoms with Gasteiger partial charge in [-0.3, -0.25) is 0 Å². The molecule has 185 valence electrons. The van der Waals surface area contributed by atoms with Crippen molar-refractivity contribution in [3.05, 3.63) is 56.2 Å². The van der Waals surface area contributed by atoms with Crippen LogP contribution in [-0.2, 0) is 22.2 Å². The molecule has 0 saturated carbocycles. The summed E-state index contributed by atoms with van der Waals surface area (Å²) < 4.78 is 29.4. The van der Waals surface area contributed by atoms with Gasteiger partial charge < -0.3 is 14.1 Å². The van der Waals surface area contributed by atoms with Crippen molar-refractivity contribution in [3.63, 3.8) is 0 Å². The molecule has 0 radical (unpaired) electrons. The molecule has 1 aromatic carbocycles. The van der Waals surface area contributed by atoms with Crippen LogP contribution >= 0.6 is 22.6 Å². The number of nitrogens with zero attached hydrogens (tertiary/aromatic N) is 4. The first-order valence-corrected chi connectivity index (χ1v) is 15.7. The first-order chi connectivity index (χ1) is 16.0.